The van der Waals surface area contributed by atoms with Gasteiger partial charge >= 0.3 is 0 Å². The first-order valence-electron chi connectivity index (χ1n) is 6.91. The van der Waals surface area contributed by atoms with E-state index in [1.165, 1.54) is 11.3 Å². The van der Waals surface area contributed by atoms with E-state index < -0.39 is 10.0 Å². The van der Waals surface area contributed by atoms with E-state index in [0.29, 0.717) is 30.2 Å². The summed E-state index contributed by atoms with van der Waals surface area (Å²) in [5.41, 5.74) is 7.41. The Labute approximate surface area is 151 Å². The zero-order valence-corrected chi connectivity index (χ0v) is 15.4. The molecule has 0 aliphatic heterocycles. The van der Waals surface area contributed by atoms with Crippen LogP contribution in [0.2, 0.25) is 0 Å². The first-order chi connectivity index (χ1) is 10.9. The predicted octanol–water partition coefficient (Wildman–Crippen LogP) is 2.28. The highest BCUT2D eigenvalue weighted by Gasteiger charge is 2.08. The predicted molar refractivity (Wildman–Crippen MR) is 100 cm³/mol. The van der Waals surface area contributed by atoms with Crippen molar-refractivity contribution >= 4 is 50.5 Å². The van der Waals surface area contributed by atoms with Gasteiger partial charge in [0, 0.05) is 23.1 Å². The van der Waals surface area contributed by atoms with E-state index in [1.54, 1.807) is 24.3 Å². The minimum absolute atomic E-state index is 0. The van der Waals surface area contributed by atoms with Gasteiger partial charge in [-0.2, -0.15) is 0 Å². The van der Waals surface area contributed by atoms with Crippen molar-refractivity contribution in [3.8, 4) is 11.3 Å². The van der Waals surface area contributed by atoms with Crippen LogP contribution >= 0.6 is 23.7 Å². The highest BCUT2D eigenvalue weighted by atomic mass is 35.5. The summed E-state index contributed by atoms with van der Waals surface area (Å²) >= 11 is 1.33. The molecule has 2 rings (SSSR count). The number of hydrogen-bond donors (Lipinski definition) is 3. The Morgan fingerprint density at radius 3 is 2.54 bits per heavy atom. The SMILES string of the molecule is CS(=O)(=O)Nc1ccc(-c2csc(NC(=O)CCCN)n2)cc1.Cl. The number of anilines is 2. The standard InChI is InChI=1S/C14H18N4O3S2.ClH/c1-23(20,21)18-11-6-4-10(5-7-11)12-9-22-14(16-12)17-13(19)3-2-8-15;/h4-7,9,18H,2-3,8,15H2,1H3,(H,16,17,19);1H. The van der Waals surface area contributed by atoms with Gasteiger partial charge in [-0.25, -0.2) is 13.4 Å². The van der Waals surface area contributed by atoms with Crippen LogP contribution in [0.15, 0.2) is 29.6 Å². The maximum atomic E-state index is 11.6. The van der Waals surface area contributed by atoms with Gasteiger partial charge < -0.3 is 11.1 Å². The monoisotopic (exact) mass is 390 g/mol. The van der Waals surface area contributed by atoms with Crippen LogP contribution in [0.4, 0.5) is 10.8 Å². The lowest BCUT2D eigenvalue weighted by atomic mass is 10.1. The fraction of sp³-hybridized carbons (Fsp3) is 0.286. The fourth-order valence-corrected chi connectivity index (χ4v) is 3.13. The summed E-state index contributed by atoms with van der Waals surface area (Å²) in [7, 11) is -3.29. The first-order valence-corrected chi connectivity index (χ1v) is 9.68. The molecule has 4 N–H and O–H groups in total. The third-order valence-corrected chi connectivity index (χ3v) is 4.21. The largest absolute Gasteiger partial charge is 0.330 e. The molecule has 10 heteroatoms. The number of thiazole rings is 1. The number of nitrogens with two attached hydrogens (primary N) is 1. The molecule has 7 nitrogen and oxygen atoms in total. The number of carbonyl (C=O) groups excluding carboxylic acids is 1. The van der Waals surface area contributed by atoms with E-state index >= 15 is 0 Å². The average molecular weight is 391 g/mol. The summed E-state index contributed by atoms with van der Waals surface area (Å²) in [5.74, 6) is -0.107. The minimum atomic E-state index is -3.29. The van der Waals surface area contributed by atoms with Crippen LogP contribution in [0.25, 0.3) is 11.3 Å². The molecule has 1 heterocycles. The third kappa shape index (κ3) is 6.44. The summed E-state index contributed by atoms with van der Waals surface area (Å²) in [6.07, 6.45) is 2.11. The van der Waals surface area contributed by atoms with Crippen LogP contribution in [0.1, 0.15) is 12.8 Å². The quantitative estimate of drug-likeness (QED) is 0.671. The molecule has 0 unspecified atom stereocenters. The molecule has 0 spiro atoms. The normalized spacial score (nSPS) is 10.8. The van der Waals surface area contributed by atoms with Crippen LogP contribution < -0.4 is 15.8 Å². The Balaban J connectivity index is 0.00000288. The molecule has 24 heavy (non-hydrogen) atoms. The van der Waals surface area contributed by atoms with Crippen molar-refractivity contribution in [1.82, 2.24) is 4.98 Å². The van der Waals surface area contributed by atoms with E-state index in [1.807, 2.05) is 5.38 Å². The Kier molecular flexibility index (Phi) is 7.61. The molecular formula is C14H19ClN4O3S2. The van der Waals surface area contributed by atoms with Crippen molar-refractivity contribution in [2.75, 3.05) is 22.8 Å². The van der Waals surface area contributed by atoms with Crippen molar-refractivity contribution < 1.29 is 13.2 Å². The molecule has 1 aromatic carbocycles. The van der Waals surface area contributed by atoms with Gasteiger partial charge in [0.25, 0.3) is 0 Å². The molecule has 0 aliphatic carbocycles. The van der Waals surface area contributed by atoms with Crippen LogP contribution in [-0.2, 0) is 14.8 Å². The number of carbonyl (C=O) groups is 1. The Morgan fingerprint density at radius 1 is 1.29 bits per heavy atom. The molecule has 1 aromatic heterocycles. The van der Waals surface area contributed by atoms with Gasteiger partial charge in [-0.3, -0.25) is 9.52 Å². The molecule has 132 valence electrons. The lowest BCUT2D eigenvalue weighted by Crippen LogP contribution is -2.13. The second-order valence-electron chi connectivity index (χ2n) is 4.93. The number of amides is 1. The molecule has 0 saturated carbocycles. The summed E-state index contributed by atoms with van der Waals surface area (Å²) in [5, 5.41) is 5.09. The summed E-state index contributed by atoms with van der Waals surface area (Å²) in [4.78, 5) is 16.0. The van der Waals surface area contributed by atoms with Gasteiger partial charge in [0.15, 0.2) is 5.13 Å². The first kappa shape index (κ1) is 20.4. The van der Waals surface area contributed by atoms with E-state index in [0.717, 1.165) is 17.5 Å². The lowest BCUT2D eigenvalue weighted by Gasteiger charge is -2.04. The molecule has 0 fully saturated rings. The van der Waals surface area contributed by atoms with E-state index in [9.17, 15) is 13.2 Å². The van der Waals surface area contributed by atoms with Gasteiger partial charge in [0.05, 0.1) is 11.9 Å². The van der Waals surface area contributed by atoms with Crippen molar-refractivity contribution in [2.45, 2.75) is 12.8 Å². The van der Waals surface area contributed by atoms with Gasteiger partial charge in [-0.05, 0) is 25.1 Å². The topological polar surface area (TPSA) is 114 Å². The molecule has 0 radical (unpaired) electrons. The van der Waals surface area contributed by atoms with E-state index in [-0.39, 0.29) is 18.3 Å². The number of sulfonamides is 1. The lowest BCUT2D eigenvalue weighted by molar-refractivity contribution is -0.116. The Hall–Kier alpha value is -1.68. The molecule has 0 aliphatic rings. The third-order valence-electron chi connectivity index (χ3n) is 2.84. The average Bonchev–Trinajstić information content (AvgIpc) is 2.92. The number of hydrogen-bond acceptors (Lipinski definition) is 6. The zero-order chi connectivity index (χ0) is 16.9. The van der Waals surface area contributed by atoms with Gasteiger partial charge in [-0.1, -0.05) is 12.1 Å². The van der Waals surface area contributed by atoms with E-state index in [4.69, 9.17) is 5.73 Å². The van der Waals surface area contributed by atoms with Crippen LogP contribution in [0, 0.1) is 0 Å². The maximum Gasteiger partial charge on any atom is 0.229 e. The Bertz CT molecular complexity index is 776. The second-order valence-corrected chi connectivity index (χ2v) is 7.54. The van der Waals surface area contributed by atoms with Crippen LogP contribution in [0.3, 0.4) is 0 Å². The summed E-state index contributed by atoms with van der Waals surface area (Å²) in [6.45, 7) is 0.477. The summed E-state index contributed by atoms with van der Waals surface area (Å²) in [6, 6.07) is 6.86. The molecular weight excluding hydrogens is 372 g/mol. The maximum absolute atomic E-state index is 11.6. The van der Waals surface area contributed by atoms with Crippen molar-refractivity contribution in [3.63, 3.8) is 0 Å². The van der Waals surface area contributed by atoms with Gasteiger partial charge in [-0.15, -0.1) is 23.7 Å². The number of halogens is 1. The second kappa shape index (κ2) is 8.97. The van der Waals surface area contributed by atoms with Crippen molar-refractivity contribution in [1.29, 1.82) is 0 Å². The molecule has 0 bridgehead atoms. The number of nitrogens with one attached hydrogen (secondary N) is 2. The molecule has 1 amide bonds. The summed E-state index contributed by atoms with van der Waals surface area (Å²) < 4.78 is 24.7. The number of benzene rings is 1. The van der Waals surface area contributed by atoms with Gasteiger partial charge in [0.2, 0.25) is 15.9 Å². The van der Waals surface area contributed by atoms with E-state index in [2.05, 4.69) is 15.0 Å². The smallest absolute Gasteiger partial charge is 0.229 e. The fourth-order valence-electron chi connectivity index (χ4n) is 1.83. The molecule has 0 atom stereocenters. The van der Waals surface area contributed by atoms with Crippen molar-refractivity contribution in [2.24, 2.45) is 5.73 Å². The highest BCUT2D eigenvalue weighted by molar-refractivity contribution is 7.92. The number of aromatic nitrogens is 1. The van der Waals surface area contributed by atoms with Crippen molar-refractivity contribution in [3.05, 3.63) is 29.6 Å². The number of rotatable bonds is 7. The molecule has 2 aromatic rings. The minimum Gasteiger partial charge on any atom is -0.330 e. The van der Waals surface area contributed by atoms with Crippen LogP contribution in [0.5, 0.6) is 0 Å². The van der Waals surface area contributed by atoms with Crippen LogP contribution in [-0.4, -0.2) is 32.1 Å². The van der Waals surface area contributed by atoms with Gasteiger partial charge in [0.1, 0.15) is 0 Å². The molecule has 0 saturated heterocycles. The highest BCUT2D eigenvalue weighted by Crippen LogP contribution is 2.26. The Morgan fingerprint density at radius 2 is 1.96 bits per heavy atom. The number of nitrogens with zero attached hydrogens (tertiary/aromatic N) is 1. The zero-order valence-electron chi connectivity index (χ0n) is 13.0.